The van der Waals surface area contributed by atoms with E-state index in [1.165, 1.54) is 0 Å². The molecule has 0 aliphatic rings. The van der Waals surface area contributed by atoms with Crippen LogP contribution in [-0.4, -0.2) is 26.3 Å². The van der Waals surface area contributed by atoms with Crippen LogP contribution in [0.4, 0.5) is 0 Å². The van der Waals surface area contributed by atoms with Gasteiger partial charge in [-0.2, -0.15) is 0 Å². The van der Waals surface area contributed by atoms with E-state index in [2.05, 4.69) is 26.1 Å². The van der Waals surface area contributed by atoms with Gasteiger partial charge < -0.3 is 10.1 Å². The Morgan fingerprint density at radius 2 is 2.09 bits per heavy atom. The molecule has 0 aromatic heterocycles. The summed E-state index contributed by atoms with van der Waals surface area (Å²) < 4.78 is 5.40. The van der Waals surface area contributed by atoms with Crippen LogP contribution in [0.5, 0.6) is 0 Å². The quantitative estimate of drug-likeness (QED) is 0.570. The first kappa shape index (κ1) is 10.9. The molecule has 0 aliphatic heterocycles. The van der Waals surface area contributed by atoms with Crippen LogP contribution in [0.2, 0.25) is 0 Å². The van der Waals surface area contributed by atoms with Crippen LogP contribution in [-0.2, 0) is 4.74 Å². The van der Waals surface area contributed by atoms with Gasteiger partial charge in [0.2, 0.25) is 0 Å². The normalized spacial score (nSPS) is 10.9. The van der Waals surface area contributed by atoms with Gasteiger partial charge in [-0.25, -0.2) is 0 Å². The smallest absolute Gasteiger partial charge is 0.0489 e. The first-order valence-corrected chi connectivity index (χ1v) is 4.55. The van der Waals surface area contributed by atoms with E-state index < -0.39 is 0 Å². The van der Waals surface area contributed by atoms with Crippen molar-refractivity contribution in [1.29, 1.82) is 0 Å². The van der Waals surface area contributed by atoms with Gasteiger partial charge in [0.05, 0.1) is 0 Å². The van der Waals surface area contributed by atoms with Crippen molar-refractivity contribution in [2.75, 3.05) is 26.3 Å². The van der Waals surface area contributed by atoms with Gasteiger partial charge in [-0.3, -0.25) is 0 Å². The summed E-state index contributed by atoms with van der Waals surface area (Å²) in [7, 11) is 0. The average Bonchev–Trinajstić information content (AvgIpc) is 1.96. The maximum atomic E-state index is 5.40. The Morgan fingerprint density at radius 3 is 2.64 bits per heavy atom. The molecule has 2 heteroatoms. The Balaban J connectivity index is 2.80. The van der Waals surface area contributed by atoms with Gasteiger partial charge in [-0.1, -0.05) is 20.8 Å². The van der Waals surface area contributed by atoms with E-state index in [9.17, 15) is 0 Å². The summed E-state index contributed by atoms with van der Waals surface area (Å²) in [5.74, 6) is 0.661. The monoisotopic (exact) mass is 159 g/mol. The lowest BCUT2D eigenvalue weighted by atomic mass is 10.2. The molecule has 11 heavy (non-hydrogen) atoms. The van der Waals surface area contributed by atoms with Crippen molar-refractivity contribution >= 4 is 0 Å². The highest BCUT2D eigenvalue weighted by atomic mass is 16.5. The summed E-state index contributed by atoms with van der Waals surface area (Å²) in [4.78, 5) is 0. The zero-order valence-corrected chi connectivity index (χ0v) is 8.02. The zero-order chi connectivity index (χ0) is 8.53. The summed E-state index contributed by atoms with van der Waals surface area (Å²) in [5, 5.41) is 3.26. The second kappa shape index (κ2) is 8.02. The maximum Gasteiger partial charge on any atom is 0.0489 e. The van der Waals surface area contributed by atoms with Crippen LogP contribution in [0.3, 0.4) is 0 Å². The van der Waals surface area contributed by atoms with Crippen molar-refractivity contribution in [3.8, 4) is 0 Å². The molecule has 0 fully saturated rings. The lowest BCUT2D eigenvalue weighted by Crippen LogP contribution is -2.16. The maximum absolute atomic E-state index is 5.40. The van der Waals surface area contributed by atoms with Gasteiger partial charge in [-0.15, -0.1) is 0 Å². The standard InChI is InChI=1S/C9H21NO/c1-4-10-6-5-7-11-8-9(2)3/h9-10H,4-8H2,1-3H3. The number of nitrogens with one attached hydrogen (secondary N) is 1. The number of hydrogen-bond acceptors (Lipinski definition) is 2. The molecule has 0 rings (SSSR count). The molecule has 2 nitrogen and oxygen atoms in total. The van der Waals surface area contributed by atoms with E-state index in [0.717, 1.165) is 32.7 Å². The van der Waals surface area contributed by atoms with E-state index in [4.69, 9.17) is 4.74 Å². The van der Waals surface area contributed by atoms with Crippen LogP contribution >= 0.6 is 0 Å². The first-order chi connectivity index (χ1) is 5.27. The zero-order valence-electron chi connectivity index (χ0n) is 8.02. The molecule has 0 unspecified atom stereocenters. The molecule has 0 spiro atoms. The molecule has 0 atom stereocenters. The summed E-state index contributed by atoms with van der Waals surface area (Å²) in [6.07, 6.45) is 1.13. The molecule has 0 heterocycles. The molecule has 0 radical (unpaired) electrons. The van der Waals surface area contributed by atoms with Crippen molar-refractivity contribution in [2.24, 2.45) is 5.92 Å². The minimum Gasteiger partial charge on any atom is -0.381 e. The van der Waals surface area contributed by atoms with E-state index in [1.807, 2.05) is 0 Å². The number of ether oxygens (including phenoxy) is 1. The van der Waals surface area contributed by atoms with Gasteiger partial charge >= 0.3 is 0 Å². The predicted octanol–water partition coefficient (Wildman–Crippen LogP) is 1.66. The molecule has 0 aliphatic carbocycles. The molecule has 1 N–H and O–H groups in total. The largest absolute Gasteiger partial charge is 0.381 e. The van der Waals surface area contributed by atoms with Crippen molar-refractivity contribution in [3.63, 3.8) is 0 Å². The fraction of sp³-hybridized carbons (Fsp3) is 1.00. The van der Waals surface area contributed by atoms with E-state index >= 15 is 0 Å². The Bertz CT molecular complexity index is 74.0. The third kappa shape index (κ3) is 9.92. The molecule has 0 aromatic carbocycles. The highest BCUT2D eigenvalue weighted by molar-refractivity contribution is 4.44. The number of hydrogen-bond donors (Lipinski definition) is 1. The summed E-state index contributed by atoms with van der Waals surface area (Å²) in [5.41, 5.74) is 0. The van der Waals surface area contributed by atoms with Crippen molar-refractivity contribution in [2.45, 2.75) is 27.2 Å². The van der Waals surface area contributed by atoms with E-state index in [0.29, 0.717) is 5.92 Å². The molecule has 0 saturated heterocycles. The minimum absolute atomic E-state index is 0.661. The second-order valence-corrected chi connectivity index (χ2v) is 3.18. The second-order valence-electron chi connectivity index (χ2n) is 3.18. The van der Waals surface area contributed by atoms with Crippen LogP contribution in [0.1, 0.15) is 27.2 Å². The molecule has 0 saturated carbocycles. The Labute approximate surface area is 70.3 Å². The fourth-order valence-corrected chi connectivity index (χ4v) is 0.795. The van der Waals surface area contributed by atoms with Gasteiger partial charge in [0, 0.05) is 13.2 Å². The molecule has 0 amide bonds. The van der Waals surface area contributed by atoms with Crippen LogP contribution in [0.25, 0.3) is 0 Å². The predicted molar refractivity (Wildman–Crippen MR) is 48.8 cm³/mol. The molecule has 0 aromatic rings. The van der Waals surface area contributed by atoms with Crippen LogP contribution in [0.15, 0.2) is 0 Å². The summed E-state index contributed by atoms with van der Waals surface area (Å²) in [6, 6.07) is 0. The topological polar surface area (TPSA) is 21.3 Å². The fourth-order valence-electron chi connectivity index (χ4n) is 0.795. The van der Waals surface area contributed by atoms with Gasteiger partial charge in [0.25, 0.3) is 0 Å². The van der Waals surface area contributed by atoms with E-state index in [-0.39, 0.29) is 0 Å². The third-order valence-corrected chi connectivity index (χ3v) is 1.34. The van der Waals surface area contributed by atoms with Crippen molar-refractivity contribution in [3.05, 3.63) is 0 Å². The number of rotatable bonds is 7. The molecular weight excluding hydrogens is 138 g/mol. The first-order valence-electron chi connectivity index (χ1n) is 4.55. The lowest BCUT2D eigenvalue weighted by molar-refractivity contribution is 0.108. The Hall–Kier alpha value is -0.0800. The highest BCUT2D eigenvalue weighted by Gasteiger charge is 1.92. The van der Waals surface area contributed by atoms with Crippen LogP contribution < -0.4 is 5.32 Å². The van der Waals surface area contributed by atoms with Crippen LogP contribution in [0, 0.1) is 5.92 Å². The Kier molecular flexibility index (Phi) is 7.96. The average molecular weight is 159 g/mol. The lowest BCUT2D eigenvalue weighted by Gasteiger charge is -2.06. The summed E-state index contributed by atoms with van der Waals surface area (Å²) >= 11 is 0. The van der Waals surface area contributed by atoms with E-state index in [1.54, 1.807) is 0 Å². The summed E-state index contributed by atoms with van der Waals surface area (Å²) in [6.45, 7) is 10.4. The molecule has 0 bridgehead atoms. The molecule has 68 valence electrons. The Morgan fingerprint density at radius 1 is 1.36 bits per heavy atom. The van der Waals surface area contributed by atoms with Crippen molar-refractivity contribution < 1.29 is 4.74 Å². The third-order valence-electron chi connectivity index (χ3n) is 1.34. The highest BCUT2D eigenvalue weighted by Crippen LogP contribution is 1.92. The SMILES string of the molecule is CCNCCCOCC(C)C. The van der Waals surface area contributed by atoms with Crippen molar-refractivity contribution in [1.82, 2.24) is 5.32 Å². The molecular formula is C9H21NO. The van der Waals surface area contributed by atoms with Gasteiger partial charge in [0.15, 0.2) is 0 Å². The minimum atomic E-state index is 0.661. The van der Waals surface area contributed by atoms with Gasteiger partial charge in [-0.05, 0) is 25.4 Å². The van der Waals surface area contributed by atoms with Gasteiger partial charge in [0.1, 0.15) is 0 Å².